The molecule has 31 heavy (non-hydrogen) atoms. The van der Waals surface area contributed by atoms with Crippen LogP contribution in [0.25, 0.3) is 11.7 Å². The molecule has 2 aromatic heterocycles. The Morgan fingerprint density at radius 2 is 1.97 bits per heavy atom. The van der Waals surface area contributed by atoms with Gasteiger partial charge in [-0.15, -0.1) is 0 Å². The average molecular weight is 420 g/mol. The number of non-ortho nitro benzene ring substituents is 1. The number of carbonyl (C=O) groups is 2. The first-order chi connectivity index (χ1) is 15.0. The largest absolute Gasteiger partial charge is 0.367 e. The van der Waals surface area contributed by atoms with Gasteiger partial charge in [0.15, 0.2) is 5.65 Å². The van der Waals surface area contributed by atoms with Crippen molar-refractivity contribution in [2.45, 2.75) is 18.9 Å². The van der Waals surface area contributed by atoms with Crippen LogP contribution >= 0.6 is 0 Å². The number of hydrogen-bond donors (Lipinski definition) is 4. The molecule has 3 aromatic rings. The highest BCUT2D eigenvalue weighted by atomic mass is 16.6. The van der Waals surface area contributed by atoms with Gasteiger partial charge in [-0.3, -0.25) is 20.2 Å². The number of fused-ring (bicyclic) bond motifs is 1. The minimum Gasteiger partial charge on any atom is -0.367 e. The van der Waals surface area contributed by atoms with Gasteiger partial charge in [0, 0.05) is 35.5 Å². The molecule has 12 heteroatoms. The first kappa shape index (κ1) is 18.5. The first-order valence-electron chi connectivity index (χ1n) is 9.47. The van der Waals surface area contributed by atoms with Crippen LogP contribution < -0.4 is 21.3 Å². The van der Waals surface area contributed by atoms with Crippen molar-refractivity contribution in [3.63, 3.8) is 0 Å². The van der Waals surface area contributed by atoms with Crippen molar-refractivity contribution >= 4 is 46.7 Å². The Morgan fingerprint density at radius 3 is 2.61 bits per heavy atom. The number of nitrogens with one attached hydrogen (secondary N) is 4. The molecular weight excluding hydrogens is 404 g/mol. The molecule has 5 rings (SSSR count). The number of rotatable bonds is 6. The summed E-state index contributed by atoms with van der Waals surface area (Å²) < 4.78 is 1.63. The number of nitrogens with zero attached hydrogens (tertiary/aromatic N) is 4. The number of urea groups is 1. The number of imide groups is 1. The lowest BCUT2D eigenvalue weighted by Crippen LogP contribution is -2.22. The molecule has 1 aliphatic carbocycles. The van der Waals surface area contributed by atoms with Gasteiger partial charge in [0.25, 0.3) is 11.6 Å². The number of anilines is 3. The lowest BCUT2D eigenvalue weighted by atomic mass is 10.2. The summed E-state index contributed by atoms with van der Waals surface area (Å²) >= 11 is 0. The second kappa shape index (κ2) is 7.09. The summed E-state index contributed by atoms with van der Waals surface area (Å²) in [6, 6.07) is 7.55. The number of aromatic nitrogens is 3. The molecule has 156 valence electrons. The maximum absolute atomic E-state index is 11.9. The second-order valence-electron chi connectivity index (χ2n) is 7.18. The van der Waals surface area contributed by atoms with E-state index in [9.17, 15) is 19.7 Å². The first-order valence-corrected chi connectivity index (χ1v) is 9.47. The van der Waals surface area contributed by atoms with Crippen molar-refractivity contribution in [2.75, 3.05) is 10.6 Å². The third kappa shape index (κ3) is 3.73. The third-order valence-electron chi connectivity index (χ3n) is 4.80. The fourth-order valence-corrected chi connectivity index (χ4v) is 3.14. The molecule has 3 amide bonds. The van der Waals surface area contributed by atoms with E-state index in [-0.39, 0.29) is 11.4 Å². The predicted molar refractivity (Wildman–Crippen MR) is 111 cm³/mol. The minimum absolute atomic E-state index is 0.00774. The molecule has 1 saturated heterocycles. The van der Waals surface area contributed by atoms with E-state index in [2.05, 4.69) is 31.3 Å². The molecule has 0 atom stereocenters. The van der Waals surface area contributed by atoms with E-state index in [1.807, 2.05) is 0 Å². The van der Waals surface area contributed by atoms with Gasteiger partial charge in [-0.05, 0) is 31.1 Å². The topological polar surface area (TPSA) is 156 Å². The smallest absolute Gasteiger partial charge is 0.326 e. The molecule has 12 nitrogen and oxygen atoms in total. The van der Waals surface area contributed by atoms with Crippen LogP contribution in [0.3, 0.4) is 0 Å². The summed E-state index contributed by atoms with van der Waals surface area (Å²) in [5, 5.41) is 26.3. The fourth-order valence-electron chi connectivity index (χ4n) is 3.14. The molecule has 0 unspecified atom stereocenters. The van der Waals surface area contributed by atoms with Crippen LogP contribution in [0.15, 0.2) is 42.2 Å². The molecular formula is C19H16N8O4. The molecule has 0 radical (unpaired) electrons. The van der Waals surface area contributed by atoms with Crippen molar-refractivity contribution in [3.8, 4) is 0 Å². The van der Waals surface area contributed by atoms with Crippen LogP contribution in [-0.4, -0.2) is 37.5 Å². The maximum Gasteiger partial charge on any atom is 0.326 e. The number of nitro benzene ring substituents is 1. The number of nitro groups is 1. The molecule has 0 bridgehead atoms. The molecule has 1 aliphatic heterocycles. The Balaban J connectivity index is 1.53. The summed E-state index contributed by atoms with van der Waals surface area (Å²) in [7, 11) is 0. The maximum atomic E-state index is 11.9. The summed E-state index contributed by atoms with van der Waals surface area (Å²) in [5.74, 6) is 0.673. The zero-order valence-corrected chi connectivity index (χ0v) is 16.0. The average Bonchev–Trinajstić information content (AvgIpc) is 3.37. The molecule has 3 heterocycles. The van der Waals surface area contributed by atoms with E-state index < -0.39 is 16.9 Å². The van der Waals surface area contributed by atoms with Gasteiger partial charge < -0.3 is 16.0 Å². The quantitative estimate of drug-likeness (QED) is 0.205. The van der Waals surface area contributed by atoms with E-state index in [4.69, 9.17) is 0 Å². The van der Waals surface area contributed by atoms with Crippen LogP contribution in [0, 0.1) is 10.1 Å². The molecule has 1 saturated carbocycles. The van der Waals surface area contributed by atoms with Gasteiger partial charge in [0.1, 0.15) is 17.3 Å². The number of carbonyl (C=O) groups excluding carboxylic acids is 2. The second-order valence-corrected chi connectivity index (χ2v) is 7.18. The van der Waals surface area contributed by atoms with Crippen molar-refractivity contribution in [2.24, 2.45) is 0 Å². The monoisotopic (exact) mass is 420 g/mol. The Hall–Kier alpha value is -4.48. The zero-order valence-electron chi connectivity index (χ0n) is 16.0. The lowest BCUT2D eigenvalue weighted by molar-refractivity contribution is -0.384. The van der Waals surface area contributed by atoms with Crippen molar-refractivity contribution < 1.29 is 14.5 Å². The van der Waals surface area contributed by atoms with E-state index in [1.54, 1.807) is 28.9 Å². The Labute approximate surface area is 174 Å². The number of amides is 3. The Morgan fingerprint density at radius 1 is 1.19 bits per heavy atom. The van der Waals surface area contributed by atoms with Gasteiger partial charge in [-0.1, -0.05) is 0 Å². The SMILES string of the molecule is O=C1NC(=O)/C(=C\c2cnn3c(NC4CC4)cc(Nc4ccc([N+](=O)[O-])cc4)nc23)N1. The molecule has 1 aromatic carbocycles. The summed E-state index contributed by atoms with van der Waals surface area (Å²) in [4.78, 5) is 38.2. The van der Waals surface area contributed by atoms with E-state index in [1.165, 1.54) is 18.2 Å². The highest BCUT2D eigenvalue weighted by Gasteiger charge is 2.25. The third-order valence-corrected chi connectivity index (χ3v) is 4.80. The lowest BCUT2D eigenvalue weighted by Gasteiger charge is -2.11. The van der Waals surface area contributed by atoms with Crippen molar-refractivity contribution in [1.82, 2.24) is 25.2 Å². The number of benzene rings is 1. The normalized spacial score (nSPS) is 17.0. The van der Waals surface area contributed by atoms with Crippen LogP contribution in [0.4, 0.5) is 27.8 Å². The molecule has 2 aliphatic rings. The van der Waals surface area contributed by atoms with Crippen molar-refractivity contribution in [3.05, 3.63) is 57.9 Å². The summed E-state index contributed by atoms with van der Waals surface area (Å²) in [6.45, 7) is 0. The van der Waals surface area contributed by atoms with E-state index in [0.717, 1.165) is 12.8 Å². The number of hydrogen-bond acceptors (Lipinski definition) is 8. The van der Waals surface area contributed by atoms with Crippen LogP contribution in [0.1, 0.15) is 18.4 Å². The minimum atomic E-state index is -0.586. The highest BCUT2D eigenvalue weighted by molar-refractivity contribution is 6.14. The van der Waals surface area contributed by atoms with E-state index >= 15 is 0 Å². The van der Waals surface area contributed by atoms with Gasteiger partial charge in [0.2, 0.25) is 0 Å². The van der Waals surface area contributed by atoms with Crippen LogP contribution in [0.2, 0.25) is 0 Å². The predicted octanol–water partition coefficient (Wildman–Crippen LogP) is 2.14. The molecule has 4 N–H and O–H groups in total. The summed E-state index contributed by atoms with van der Waals surface area (Å²) in [5.41, 5.74) is 1.73. The highest BCUT2D eigenvalue weighted by Crippen LogP contribution is 2.28. The molecule has 2 fully saturated rings. The van der Waals surface area contributed by atoms with Gasteiger partial charge >= 0.3 is 6.03 Å². The zero-order chi connectivity index (χ0) is 21.5. The Bertz CT molecular complexity index is 1260. The summed E-state index contributed by atoms with van der Waals surface area (Å²) in [6.07, 6.45) is 5.17. The van der Waals surface area contributed by atoms with Crippen LogP contribution in [0.5, 0.6) is 0 Å². The van der Waals surface area contributed by atoms with Gasteiger partial charge in [-0.25, -0.2) is 9.78 Å². The van der Waals surface area contributed by atoms with E-state index in [0.29, 0.717) is 34.6 Å². The van der Waals surface area contributed by atoms with Gasteiger partial charge in [-0.2, -0.15) is 9.61 Å². The standard InChI is InChI=1S/C19H16N8O4/c28-18-14(23-19(29)25-18)7-10-9-20-26-16(22-12-1-2-12)8-15(24-17(10)26)21-11-3-5-13(6-4-11)27(30)31/h3-9,12,22H,1-2H2,(H,21,24)(H2,23,25,28,29)/b14-7+. The fraction of sp³-hybridized carbons (Fsp3) is 0.158. The Kier molecular flexibility index (Phi) is 4.24. The molecule has 0 spiro atoms. The van der Waals surface area contributed by atoms with Gasteiger partial charge in [0.05, 0.1) is 11.1 Å². The van der Waals surface area contributed by atoms with Crippen LogP contribution in [-0.2, 0) is 4.79 Å². The van der Waals surface area contributed by atoms with Crippen molar-refractivity contribution in [1.29, 1.82) is 0 Å².